The molecule has 14 nitrogen and oxygen atoms in total. The van der Waals surface area contributed by atoms with Gasteiger partial charge in [-0.3, -0.25) is 14.4 Å². The number of carbonyl (C=O) groups is 3. The molecule has 1 radical (unpaired) electrons. The number of para-hydroxylation sites is 1. The Bertz CT molecular complexity index is 2020. The van der Waals surface area contributed by atoms with Gasteiger partial charge in [0.2, 0.25) is 25.3 Å². The molecule has 7 N–H and O–H groups in total. The maximum Gasteiger partial charge on any atom is 0.231 e. The summed E-state index contributed by atoms with van der Waals surface area (Å²) >= 11 is 0. The number of nitrogens with zero attached hydrogens (tertiary/aromatic N) is 1. The standard InChI is InChI=1S/C35H31N2O12/c1-37(2)26-25-28(39)18-10-16-15(13-6-7-19-21(8-13)48-11-46-19)9-17(14-4-3-5-20-31(14)49-12-47-20)27(38)22(16)29(40)23(18)32(42)35(25,45)33(43)24(30(26)41)34(36)44/h3-10,18,24-26,28,30,38-41,45H,11-12H2,1-2H3,(H2,36,44)/t18-,24?,25-,26+,28+,30?,35+/m0/s1. The molecule has 5 aliphatic rings. The number of Topliss-reactive ketones (excluding diaryl/α,β-unsaturated/α-hetero) is 2. The largest absolute Gasteiger partial charge is 0.507 e. The molecule has 8 rings (SSSR count). The highest BCUT2D eigenvalue weighted by Crippen LogP contribution is 2.56. The number of benzene rings is 3. The summed E-state index contributed by atoms with van der Waals surface area (Å²) in [5.41, 5.74) is 3.47. The van der Waals surface area contributed by atoms with Crippen molar-refractivity contribution in [3.05, 3.63) is 65.6 Å². The molecule has 14 heteroatoms. The second kappa shape index (κ2) is 10.7. The number of carbonyl (C=O) groups excluding carboxylic acids is 3. The fraction of sp³-hybridized carbons (Fsp3) is 0.314. The van der Waals surface area contributed by atoms with Crippen LogP contribution in [0.3, 0.4) is 0 Å². The Morgan fingerprint density at radius 1 is 0.898 bits per heavy atom. The van der Waals surface area contributed by atoms with Gasteiger partial charge >= 0.3 is 0 Å². The van der Waals surface area contributed by atoms with Crippen molar-refractivity contribution in [3.63, 3.8) is 0 Å². The third kappa shape index (κ3) is 4.11. The number of ether oxygens (including phenoxy) is 4. The summed E-state index contributed by atoms with van der Waals surface area (Å²) in [4.78, 5) is 42.0. The second-order valence-corrected chi connectivity index (χ2v) is 13.0. The number of rotatable bonds is 4. The first-order valence-electron chi connectivity index (χ1n) is 15.5. The molecule has 0 saturated heterocycles. The number of aliphatic hydroxyl groups excluding tert-OH is 3. The SMILES string of the molecule is CN(C)[C@H]1C(O)C(C(N)=O)C(=O)[C@]2(O)C(=O)C3=C(O)c4c(O)c(-c5cccc6c5OCO6)cc(-c5ccc6c(c5)OCO6)c4[CH][C@@H]3[C@@H](O)[C@H]12. The van der Waals surface area contributed by atoms with E-state index in [9.17, 15) is 39.9 Å². The first-order valence-corrected chi connectivity index (χ1v) is 15.5. The number of phenolic OH excluding ortho intramolecular Hbond substituents is 1. The van der Waals surface area contributed by atoms with E-state index in [2.05, 4.69) is 0 Å². The number of hydrogen-bond donors (Lipinski definition) is 6. The van der Waals surface area contributed by atoms with Crippen LogP contribution in [-0.4, -0.2) is 99.4 Å². The van der Waals surface area contributed by atoms with E-state index < -0.39 is 76.2 Å². The second-order valence-electron chi connectivity index (χ2n) is 13.0. The number of amides is 1. The molecule has 3 aromatic carbocycles. The Hall–Kier alpha value is -5.15. The zero-order valence-electron chi connectivity index (χ0n) is 26.1. The summed E-state index contributed by atoms with van der Waals surface area (Å²) in [5.74, 6) is -8.44. The number of ketones is 2. The van der Waals surface area contributed by atoms with E-state index in [4.69, 9.17) is 24.7 Å². The zero-order chi connectivity index (χ0) is 34.7. The number of phenols is 1. The molecule has 49 heavy (non-hydrogen) atoms. The van der Waals surface area contributed by atoms with Gasteiger partial charge < -0.3 is 55.1 Å². The Morgan fingerprint density at radius 3 is 2.35 bits per heavy atom. The van der Waals surface area contributed by atoms with E-state index >= 15 is 0 Å². The Morgan fingerprint density at radius 2 is 1.61 bits per heavy atom. The van der Waals surface area contributed by atoms with E-state index in [1.165, 1.54) is 25.4 Å². The molecule has 2 fully saturated rings. The summed E-state index contributed by atoms with van der Waals surface area (Å²) in [6.45, 7) is -0.0495. The fourth-order valence-corrected chi connectivity index (χ4v) is 8.11. The first kappa shape index (κ1) is 31.1. The van der Waals surface area contributed by atoms with Crippen LogP contribution in [0.15, 0.2) is 48.0 Å². The lowest BCUT2D eigenvalue weighted by Gasteiger charge is -2.55. The van der Waals surface area contributed by atoms with Gasteiger partial charge in [0.15, 0.2) is 34.4 Å². The van der Waals surface area contributed by atoms with Crippen LogP contribution in [0.4, 0.5) is 0 Å². The summed E-state index contributed by atoms with van der Waals surface area (Å²) in [5, 5.41) is 59.1. The lowest BCUT2D eigenvalue weighted by atomic mass is 9.53. The van der Waals surface area contributed by atoms with E-state index in [1.807, 2.05) is 0 Å². The Balaban J connectivity index is 1.38. The van der Waals surface area contributed by atoms with Crippen LogP contribution in [0.1, 0.15) is 11.1 Å². The number of likely N-dealkylation sites (N-methyl/N-ethyl adjacent to an activating group) is 1. The van der Waals surface area contributed by atoms with Crippen LogP contribution in [0.25, 0.3) is 28.0 Å². The molecule has 3 aliphatic carbocycles. The van der Waals surface area contributed by atoms with Crippen LogP contribution in [0, 0.1) is 24.2 Å². The smallest absolute Gasteiger partial charge is 0.231 e. The van der Waals surface area contributed by atoms with Gasteiger partial charge in [-0.15, -0.1) is 0 Å². The van der Waals surface area contributed by atoms with Gasteiger partial charge in [0.05, 0.1) is 17.8 Å². The average molecular weight is 672 g/mol. The molecule has 0 bridgehead atoms. The summed E-state index contributed by atoms with van der Waals surface area (Å²) < 4.78 is 22.3. The van der Waals surface area contributed by atoms with E-state index in [1.54, 1.807) is 42.5 Å². The minimum Gasteiger partial charge on any atom is -0.507 e. The number of aromatic hydroxyl groups is 1. The molecule has 0 spiro atoms. The third-order valence-corrected chi connectivity index (χ3v) is 10.3. The minimum absolute atomic E-state index is 0.0130. The van der Waals surface area contributed by atoms with E-state index in [-0.39, 0.29) is 30.3 Å². The van der Waals surface area contributed by atoms with Crippen molar-refractivity contribution in [2.24, 2.45) is 23.5 Å². The molecule has 0 aromatic heterocycles. The van der Waals surface area contributed by atoms with E-state index in [0.29, 0.717) is 39.7 Å². The maximum atomic E-state index is 14.4. The molecular weight excluding hydrogens is 640 g/mol. The third-order valence-electron chi connectivity index (χ3n) is 10.3. The lowest BCUT2D eigenvalue weighted by Crippen LogP contribution is -2.76. The monoisotopic (exact) mass is 671 g/mol. The molecule has 1 amide bonds. The topological polar surface area (TPSA) is 219 Å². The summed E-state index contributed by atoms with van der Waals surface area (Å²) in [7, 11) is 2.99. The molecule has 7 atom stereocenters. The Labute approximate surface area is 278 Å². The van der Waals surface area contributed by atoms with Crippen LogP contribution >= 0.6 is 0 Å². The molecule has 3 aromatic rings. The number of hydrogen-bond acceptors (Lipinski definition) is 13. The van der Waals surface area contributed by atoms with E-state index in [0.717, 1.165) is 0 Å². The summed E-state index contributed by atoms with van der Waals surface area (Å²) in [6, 6.07) is 10.6. The van der Waals surface area contributed by atoms with Crippen molar-refractivity contribution in [1.29, 1.82) is 0 Å². The van der Waals surface area contributed by atoms with Crippen molar-refractivity contribution in [2.75, 3.05) is 27.7 Å². The van der Waals surface area contributed by atoms with Gasteiger partial charge in [-0.25, -0.2) is 0 Å². The van der Waals surface area contributed by atoms with Crippen LogP contribution in [-0.2, 0) is 14.4 Å². The van der Waals surface area contributed by atoms with Crippen molar-refractivity contribution in [1.82, 2.24) is 4.90 Å². The highest BCUT2D eigenvalue weighted by molar-refractivity contribution is 6.25. The van der Waals surface area contributed by atoms with Gasteiger partial charge in [0, 0.05) is 41.0 Å². The predicted octanol–water partition coefficient (Wildman–Crippen LogP) is 0.901. The average Bonchev–Trinajstić information content (AvgIpc) is 3.74. The molecular formula is C35H31N2O12. The van der Waals surface area contributed by atoms with Gasteiger partial charge in [-0.2, -0.15) is 0 Å². The quantitative estimate of drug-likeness (QED) is 0.213. The Kier molecular flexibility index (Phi) is 6.78. The van der Waals surface area contributed by atoms with Crippen LogP contribution in [0.2, 0.25) is 0 Å². The van der Waals surface area contributed by atoms with Gasteiger partial charge in [0.25, 0.3) is 0 Å². The van der Waals surface area contributed by atoms with Gasteiger partial charge in [-0.1, -0.05) is 18.2 Å². The van der Waals surface area contributed by atoms with Crippen LogP contribution in [0.5, 0.6) is 28.7 Å². The predicted molar refractivity (Wildman–Crippen MR) is 168 cm³/mol. The lowest BCUT2D eigenvalue weighted by molar-refractivity contribution is -0.197. The number of primary amides is 1. The van der Waals surface area contributed by atoms with Crippen molar-refractivity contribution >= 4 is 23.2 Å². The van der Waals surface area contributed by atoms with Gasteiger partial charge in [0.1, 0.15) is 17.4 Å². The van der Waals surface area contributed by atoms with Crippen molar-refractivity contribution < 1.29 is 58.9 Å². The van der Waals surface area contributed by atoms with Crippen molar-refractivity contribution in [2.45, 2.75) is 23.9 Å². The molecule has 2 unspecified atom stereocenters. The molecule has 2 saturated carbocycles. The maximum absolute atomic E-state index is 14.4. The molecule has 253 valence electrons. The number of nitrogens with two attached hydrogens (primary N) is 1. The molecule has 2 heterocycles. The summed E-state index contributed by atoms with van der Waals surface area (Å²) in [6.07, 6.45) is -2.03. The van der Waals surface area contributed by atoms with Crippen molar-refractivity contribution in [3.8, 4) is 51.0 Å². The molecule has 2 aliphatic heterocycles. The highest BCUT2D eigenvalue weighted by Gasteiger charge is 2.70. The number of aliphatic hydroxyl groups is 4. The first-order chi connectivity index (χ1) is 23.4. The number of fused-ring (bicyclic) bond motifs is 5. The van der Waals surface area contributed by atoms with Gasteiger partial charge in [-0.05, 0) is 55.1 Å². The highest BCUT2D eigenvalue weighted by atomic mass is 16.7. The zero-order valence-corrected chi connectivity index (χ0v) is 26.1. The van der Waals surface area contributed by atoms with Crippen LogP contribution < -0.4 is 24.7 Å². The minimum atomic E-state index is -3.06. The fourth-order valence-electron chi connectivity index (χ4n) is 8.11. The normalized spacial score (nSPS) is 29.5.